The zero-order valence-electron chi connectivity index (χ0n) is 18.0. The van der Waals surface area contributed by atoms with Crippen LogP contribution in [0.4, 0.5) is 0 Å². The average Bonchev–Trinajstić information content (AvgIpc) is 3.34. The van der Waals surface area contributed by atoms with Crippen LogP contribution in [-0.4, -0.2) is 32.1 Å². The van der Waals surface area contributed by atoms with Crippen LogP contribution in [0.5, 0.6) is 5.75 Å². The Morgan fingerprint density at radius 2 is 1.81 bits per heavy atom. The molecule has 0 aliphatic carbocycles. The third-order valence-electron chi connectivity index (χ3n) is 4.50. The van der Waals surface area contributed by atoms with E-state index in [-0.39, 0.29) is 29.9 Å². The van der Waals surface area contributed by atoms with Crippen molar-refractivity contribution in [1.82, 2.24) is 16.0 Å². The fourth-order valence-corrected chi connectivity index (χ4v) is 2.90. The second-order valence-electron chi connectivity index (χ2n) is 6.83. The average molecular weight is 548 g/mol. The van der Waals surface area contributed by atoms with Gasteiger partial charge < -0.3 is 25.1 Å². The van der Waals surface area contributed by atoms with Crippen molar-refractivity contribution >= 4 is 35.8 Å². The minimum Gasteiger partial charge on any atom is -0.494 e. The Kier molecular flexibility index (Phi) is 11.1. The molecule has 3 N–H and O–H groups in total. The van der Waals surface area contributed by atoms with Gasteiger partial charge in [0.05, 0.1) is 19.4 Å². The van der Waals surface area contributed by atoms with Crippen molar-refractivity contribution in [1.29, 1.82) is 0 Å². The van der Waals surface area contributed by atoms with Crippen LogP contribution in [0.3, 0.4) is 0 Å². The van der Waals surface area contributed by atoms with E-state index in [1.807, 2.05) is 54.6 Å². The number of furan rings is 1. The van der Waals surface area contributed by atoms with E-state index < -0.39 is 0 Å². The van der Waals surface area contributed by atoms with Gasteiger partial charge in [-0.1, -0.05) is 30.3 Å². The van der Waals surface area contributed by atoms with Crippen LogP contribution in [0.25, 0.3) is 0 Å². The number of hydrogen-bond acceptors (Lipinski definition) is 4. The Morgan fingerprint density at radius 3 is 2.56 bits per heavy atom. The van der Waals surface area contributed by atoms with E-state index in [1.54, 1.807) is 25.4 Å². The van der Waals surface area contributed by atoms with Crippen molar-refractivity contribution in [2.45, 2.75) is 19.5 Å². The highest BCUT2D eigenvalue weighted by atomic mass is 127. The summed E-state index contributed by atoms with van der Waals surface area (Å²) in [4.78, 5) is 16.6. The van der Waals surface area contributed by atoms with Crippen molar-refractivity contribution in [3.8, 4) is 5.75 Å². The second-order valence-corrected chi connectivity index (χ2v) is 6.83. The summed E-state index contributed by atoms with van der Waals surface area (Å²) < 4.78 is 10.9. The number of amides is 1. The molecule has 1 amide bonds. The number of hydrogen-bond donors (Lipinski definition) is 3. The minimum atomic E-state index is -0.140. The van der Waals surface area contributed by atoms with E-state index in [0.29, 0.717) is 31.2 Å². The molecule has 0 saturated carbocycles. The van der Waals surface area contributed by atoms with E-state index in [9.17, 15) is 4.79 Å². The summed E-state index contributed by atoms with van der Waals surface area (Å²) in [7, 11) is 1.73. The topological polar surface area (TPSA) is 87.9 Å². The van der Waals surface area contributed by atoms with E-state index >= 15 is 0 Å². The van der Waals surface area contributed by atoms with Crippen LogP contribution >= 0.6 is 24.0 Å². The van der Waals surface area contributed by atoms with Crippen molar-refractivity contribution in [3.05, 3.63) is 89.9 Å². The second kappa shape index (κ2) is 14.1. The maximum absolute atomic E-state index is 12.4. The first-order valence-corrected chi connectivity index (χ1v) is 10.3. The van der Waals surface area contributed by atoms with Gasteiger partial charge in [-0.25, -0.2) is 0 Å². The monoisotopic (exact) mass is 548 g/mol. The molecule has 0 fully saturated rings. The summed E-state index contributed by atoms with van der Waals surface area (Å²) in [5, 5.41) is 9.39. The number of carbonyl (C=O) groups excluding carboxylic acids is 1. The summed E-state index contributed by atoms with van der Waals surface area (Å²) in [6.07, 6.45) is 2.44. The predicted octanol–water partition coefficient (Wildman–Crippen LogP) is 3.96. The molecule has 0 atom stereocenters. The lowest BCUT2D eigenvalue weighted by Gasteiger charge is -2.13. The summed E-state index contributed by atoms with van der Waals surface area (Å²) in [5.41, 5.74) is 1.59. The van der Waals surface area contributed by atoms with E-state index in [4.69, 9.17) is 9.15 Å². The first-order valence-electron chi connectivity index (χ1n) is 10.3. The molecular weight excluding hydrogens is 519 g/mol. The number of para-hydroxylation sites is 1. The summed E-state index contributed by atoms with van der Waals surface area (Å²) in [5.74, 6) is 2.15. The molecule has 0 saturated heterocycles. The summed E-state index contributed by atoms with van der Waals surface area (Å²) in [6, 6.07) is 20.9. The quantitative estimate of drug-likeness (QED) is 0.155. The van der Waals surface area contributed by atoms with E-state index in [1.165, 1.54) is 0 Å². The Bertz CT molecular complexity index is 962. The maximum atomic E-state index is 12.4. The van der Waals surface area contributed by atoms with Gasteiger partial charge in [0.25, 0.3) is 5.91 Å². The zero-order valence-corrected chi connectivity index (χ0v) is 20.4. The molecule has 3 aromatic rings. The lowest BCUT2D eigenvalue weighted by molar-refractivity contribution is 0.0948. The Labute approximate surface area is 205 Å². The maximum Gasteiger partial charge on any atom is 0.251 e. The fourth-order valence-electron chi connectivity index (χ4n) is 2.90. The van der Waals surface area contributed by atoms with Crippen LogP contribution < -0.4 is 20.7 Å². The molecule has 0 bridgehead atoms. The van der Waals surface area contributed by atoms with E-state index in [2.05, 4.69) is 20.9 Å². The van der Waals surface area contributed by atoms with Crippen LogP contribution in [-0.2, 0) is 13.1 Å². The van der Waals surface area contributed by atoms with Crippen molar-refractivity contribution in [2.75, 3.05) is 20.2 Å². The van der Waals surface area contributed by atoms with Crippen molar-refractivity contribution < 1.29 is 13.9 Å². The molecule has 0 spiro atoms. The molecule has 0 unspecified atom stereocenters. The zero-order chi connectivity index (χ0) is 21.7. The number of halogens is 1. The highest BCUT2D eigenvalue weighted by Gasteiger charge is 2.07. The number of rotatable bonds is 10. The first kappa shape index (κ1) is 25.3. The van der Waals surface area contributed by atoms with Gasteiger partial charge >= 0.3 is 0 Å². The fraction of sp³-hybridized carbons (Fsp3) is 0.250. The molecule has 2 aromatic carbocycles. The van der Waals surface area contributed by atoms with Gasteiger partial charge in [-0.2, -0.15) is 0 Å². The molecule has 0 aliphatic rings. The van der Waals surface area contributed by atoms with Gasteiger partial charge in [-0.3, -0.25) is 9.79 Å². The number of nitrogens with one attached hydrogen (secondary N) is 3. The van der Waals surface area contributed by atoms with Crippen molar-refractivity contribution in [3.63, 3.8) is 0 Å². The van der Waals surface area contributed by atoms with Gasteiger partial charge in [0.1, 0.15) is 11.5 Å². The molecule has 32 heavy (non-hydrogen) atoms. The van der Waals surface area contributed by atoms with Crippen molar-refractivity contribution in [2.24, 2.45) is 4.99 Å². The highest BCUT2D eigenvalue weighted by molar-refractivity contribution is 14.0. The standard InChI is InChI=1S/C24H28N4O3.HI/c1-25-24(26-13-7-15-30-21-10-3-2-4-11-21)28-17-19-8-5-9-20(16-19)23(29)27-18-22-12-6-14-31-22;/h2-6,8-12,14,16H,7,13,15,17-18H2,1H3,(H,27,29)(H2,25,26,28);1H. The molecule has 170 valence electrons. The highest BCUT2D eigenvalue weighted by Crippen LogP contribution is 2.08. The number of nitrogens with zero attached hydrogens (tertiary/aromatic N) is 1. The third kappa shape index (κ3) is 8.62. The molecular formula is C24H29IN4O3. The van der Waals surface area contributed by atoms with Crippen LogP contribution in [0.15, 0.2) is 82.4 Å². The van der Waals surface area contributed by atoms with E-state index in [0.717, 1.165) is 30.0 Å². The van der Waals surface area contributed by atoms with Gasteiger partial charge in [-0.15, -0.1) is 24.0 Å². The SMILES string of the molecule is CN=C(NCCCOc1ccccc1)NCc1cccc(C(=O)NCc2ccco2)c1.I. The van der Waals surface area contributed by atoms with Gasteiger partial charge in [0.2, 0.25) is 0 Å². The summed E-state index contributed by atoms with van der Waals surface area (Å²) in [6.45, 7) is 2.28. The minimum absolute atomic E-state index is 0. The third-order valence-corrected chi connectivity index (χ3v) is 4.50. The normalized spacial score (nSPS) is 10.7. The lowest BCUT2D eigenvalue weighted by Crippen LogP contribution is -2.37. The molecule has 0 radical (unpaired) electrons. The lowest BCUT2D eigenvalue weighted by atomic mass is 10.1. The molecule has 1 aromatic heterocycles. The Hall–Kier alpha value is -3.01. The number of guanidine groups is 1. The molecule has 0 aliphatic heterocycles. The van der Waals surface area contributed by atoms with Gasteiger partial charge in [0, 0.05) is 25.7 Å². The number of carbonyl (C=O) groups is 1. The van der Waals surface area contributed by atoms with Gasteiger partial charge in [0.15, 0.2) is 5.96 Å². The predicted molar refractivity (Wildman–Crippen MR) is 136 cm³/mol. The molecule has 7 nitrogen and oxygen atoms in total. The van der Waals surface area contributed by atoms with Crippen LogP contribution in [0.1, 0.15) is 28.1 Å². The molecule has 1 heterocycles. The smallest absolute Gasteiger partial charge is 0.251 e. The molecule has 3 rings (SSSR count). The van der Waals surface area contributed by atoms with Crippen LogP contribution in [0.2, 0.25) is 0 Å². The van der Waals surface area contributed by atoms with Crippen LogP contribution in [0, 0.1) is 0 Å². The number of ether oxygens (including phenoxy) is 1. The largest absolute Gasteiger partial charge is 0.494 e. The number of benzene rings is 2. The molecule has 8 heteroatoms. The summed E-state index contributed by atoms with van der Waals surface area (Å²) >= 11 is 0. The Morgan fingerprint density at radius 1 is 0.969 bits per heavy atom. The number of aliphatic imine (C=N–C) groups is 1. The Balaban J connectivity index is 0.00000363. The van der Waals surface area contributed by atoms with Gasteiger partial charge in [-0.05, 0) is 48.4 Å². The first-order chi connectivity index (χ1) is 15.2.